The summed E-state index contributed by atoms with van der Waals surface area (Å²) in [4.78, 5) is 10.6. The zero-order valence-electron chi connectivity index (χ0n) is 10.4. The average Bonchev–Trinajstić information content (AvgIpc) is 2.33. The summed E-state index contributed by atoms with van der Waals surface area (Å²) in [5, 5.41) is 0.307. The van der Waals surface area contributed by atoms with Crippen molar-refractivity contribution in [3.05, 3.63) is 16.0 Å². The van der Waals surface area contributed by atoms with Crippen molar-refractivity contribution in [2.75, 3.05) is 18.0 Å². The molecule has 5 heteroatoms. The second-order valence-electron chi connectivity index (χ2n) is 4.00. The predicted octanol–water partition coefficient (Wildman–Crippen LogP) is 4.30. The molecular weight excluding hydrogens is 302 g/mol. The molecule has 0 unspecified atom stereocenters. The number of rotatable bonds is 7. The molecule has 0 aliphatic rings. The fourth-order valence-corrected chi connectivity index (χ4v) is 2.15. The van der Waals surface area contributed by atoms with Gasteiger partial charge in [-0.3, -0.25) is 0 Å². The maximum Gasteiger partial charge on any atom is 0.224 e. The number of hydrogen-bond acceptors (Lipinski definition) is 3. The lowest BCUT2D eigenvalue weighted by Gasteiger charge is -2.24. The second kappa shape index (κ2) is 7.88. The van der Waals surface area contributed by atoms with E-state index < -0.39 is 0 Å². The Morgan fingerprint density at radius 3 is 2.35 bits per heavy atom. The van der Waals surface area contributed by atoms with Crippen molar-refractivity contribution < 1.29 is 0 Å². The van der Waals surface area contributed by atoms with E-state index in [1.54, 1.807) is 6.20 Å². The third-order valence-corrected chi connectivity index (χ3v) is 3.30. The third kappa shape index (κ3) is 4.80. The summed E-state index contributed by atoms with van der Waals surface area (Å²) in [5.41, 5.74) is 0. The van der Waals surface area contributed by atoms with E-state index in [1.165, 1.54) is 12.8 Å². The highest BCUT2D eigenvalue weighted by molar-refractivity contribution is 9.10. The first-order chi connectivity index (χ1) is 8.19. The van der Waals surface area contributed by atoms with E-state index in [1.807, 2.05) is 0 Å². The Hall–Kier alpha value is -0.350. The van der Waals surface area contributed by atoms with Crippen molar-refractivity contribution in [1.29, 1.82) is 0 Å². The van der Waals surface area contributed by atoms with E-state index in [0.717, 1.165) is 36.2 Å². The molecule has 0 bridgehead atoms. The first-order valence-electron chi connectivity index (χ1n) is 6.12. The lowest BCUT2D eigenvalue weighted by Crippen LogP contribution is -2.27. The van der Waals surface area contributed by atoms with Crippen LogP contribution in [0.4, 0.5) is 5.82 Å². The van der Waals surface area contributed by atoms with Gasteiger partial charge >= 0.3 is 0 Å². The van der Waals surface area contributed by atoms with E-state index in [4.69, 9.17) is 11.6 Å². The molecule has 0 atom stereocenters. The maximum absolute atomic E-state index is 5.86. The first kappa shape index (κ1) is 14.7. The van der Waals surface area contributed by atoms with Gasteiger partial charge in [0.2, 0.25) is 5.28 Å². The summed E-state index contributed by atoms with van der Waals surface area (Å²) in [6, 6.07) is 0. The predicted molar refractivity (Wildman–Crippen MR) is 76.8 cm³/mol. The van der Waals surface area contributed by atoms with Crippen molar-refractivity contribution in [2.24, 2.45) is 0 Å². The zero-order valence-corrected chi connectivity index (χ0v) is 12.8. The van der Waals surface area contributed by atoms with Crippen LogP contribution in [0, 0.1) is 0 Å². The number of aromatic nitrogens is 2. The molecule has 0 fully saturated rings. The van der Waals surface area contributed by atoms with Gasteiger partial charge in [0.15, 0.2) is 0 Å². The summed E-state index contributed by atoms with van der Waals surface area (Å²) >= 11 is 9.35. The Morgan fingerprint density at radius 2 is 1.82 bits per heavy atom. The van der Waals surface area contributed by atoms with E-state index in [2.05, 4.69) is 44.6 Å². The minimum Gasteiger partial charge on any atom is -0.356 e. The smallest absolute Gasteiger partial charge is 0.224 e. The van der Waals surface area contributed by atoms with Gasteiger partial charge in [-0.2, -0.15) is 4.98 Å². The summed E-state index contributed by atoms with van der Waals surface area (Å²) < 4.78 is 0.911. The van der Waals surface area contributed by atoms with Gasteiger partial charge in [0, 0.05) is 19.3 Å². The number of nitrogens with zero attached hydrogens (tertiary/aromatic N) is 3. The van der Waals surface area contributed by atoms with Gasteiger partial charge in [-0.15, -0.1) is 0 Å². The van der Waals surface area contributed by atoms with Crippen molar-refractivity contribution in [1.82, 2.24) is 9.97 Å². The van der Waals surface area contributed by atoms with Crippen LogP contribution in [0.2, 0.25) is 5.28 Å². The SMILES string of the molecule is CCCCN(CCCC)c1nc(Cl)ncc1Br. The Balaban J connectivity index is 2.82. The van der Waals surface area contributed by atoms with Crippen LogP contribution in [-0.2, 0) is 0 Å². The molecule has 0 N–H and O–H groups in total. The number of halogens is 2. The standard InChI is InChI=1S/C12H19BrClN3/c1-3-5-7-17(8-6-4-2)11-10(13)9-15-12(14)16-11/h9H,3-8H2,1-2H3. The molecule has 1 aromatic rings. The Kier molecular flexibility index (Phi) is 6.82. The average molecular weight is 321 g/mol. The van der Waals surface area contributed by atoms with Crippen LogP contribution >= 0.6 is 27.5 Å². The molecule has 3 nitrogen and oxygen atoms in total. The van der Waals surface area contributed by atoms with Gasteiger partial charge in [-0.05, 0) is 40.4 Å². The van der Waals surface area contributed by atoms with Crippen molar-refractivity contribution >= 4 is 33.3 Å². The minimum absolute atomic E-state index is 0.307. The summed E-state index contributed by atoms with van der Waals surface area (Å²) in [6.07, 6.45) is 6.41. The molecule has 1 rings (SSSR count). The Labute approximate surface area is 117 Å². The molecule has 1 aromatic heterocycles. The van der Waals surface area contributed by atoms with Gasteiger partial charge in [0.05, 0.1) is 4.47 Å². The van der Waals surface area contributed by atoms with Crippen LogP contribution in [-0.4, -0.2) is 23.1 Å². The minimum atomic E-state index is 0.307. The number of anilines is 1. The monoisotopic (exact) mass is 319 g/mol. The highest BCUT2D eigenvalue weighted by Crippen LogP contribution is 2.25. The van der Waals surface area contributed by atoms with E-state index in [-0.39, 0.29) is 0 Å². The highest BCUT2D eigenvalue weighted by atomic mass is 79.9. The van der Waals surface area contributed by atoms with Gasteiger partial charge in [0.1, 0.15) is 5.82 Å². The van der Waals surface area contributed by atoms with Crippen molar-refractivity contribution in [3.63, 3.8) is 0 Å². The molecule has 0 aliphatic carbocycles. The number of hydrogen-bond donors (Lipinski definition) is 0. The number of unbranched alkanes of at least 4 members (excludes halogenated alkanes) is 2. The van der Waals surface area contributed by atoms with Gasteiger partial charge < -0.3 is 4.90 Å². The quantitative estimate of drug-likeness (QED) is 0.701. The van der Waals surface area contributed by atoms with E-state index >= 15 is 0 Å². The molecule has 96 valence electrons. The van der Waals surface area contributed by atoms with Gasteiger partial charge in [-0.25, -0.2) is 4.98 Å². The van der Waals surface area contributed by atoms with Crippen LogP contribution in [0.5, 0.6) is 0 Å². The Bertz CT molecular complexity index is 339. The molecule has 0 saturated heterocycles. The largest absolute Gasteiger partial charge is 0.356 e. The molecular formula is C12H19BrClN3. The van der Waals surface area contributed by atoms with E-state index in [0.29, 0.717) is 5.28 Å². The fourth-order valence-electron chi connectivity index (χ4n) is 1.58. The van der Waals surface area contributed by atoms with Crippen LogP contribution in [0.1, 0.15) is 39.5 Å². The molecule has 0 spiro atoms. The van der Waals surface area contributed by atoms with Crippen LogP contribution in [0.25, 0.3) is 0 Å². The molecule has 1 heterocycles. The Morgan fingerprint density at radius 1 is 1.24 bits per heavy atom. The summed E-state index contributed by atoms with van der Waals surface area (Å²) in [7, 11) is 0. The maximum atomic E-state index is 5.86. The second-order valence-corrected chi connectivity index (χ2v) is 5.20. The molecule has 0 saturated carbocycles. The van der Waals surface area contributed by atoms with Crippen molar-refractivity contribution in [2.45, 2.75) is 39.5 Å². The zero-order chi connectivity index (χ0) is 12.7. The van der Waals surface area contributed by atoms with Crippen LogP contribution in [0.3, 0.4) is 0 Å². The first-order valence-corrected chi connectivity index (χ1v) is 7.29. The third-order valence-electron chi connectivity index (χ3n) is 2.56. The van der Waals surface area contributed by atoms with Gasteiger partial charge in [-0.1, -0.05) is 26.7 Å². The molecule has 0 aromatic carbocycles. The van der Waals surface area contributed by atoms with Crippen LogP contribution in [0.15, 0.2) is 10.7 Å². The topological polar surface area (TPSA) is 29.0 Å². The summed E-state index contributed by atoms with van der Waals surface area (Å²) in [5.74, 6) is 0.909. The molecule has 0 radical (unpaired) electrons. The molecule has 0 aliphatic heterocycles. The molecule has 17 heavy (non-hydrogen) atoms. The van der Waals surface area contributed by atoms with Crippen LogP contribution < -0.4 is 4.90 Å². The summed E-state index contributed by atoms with van der Waals surface area (Å²) in [6.45, 7) is 6.42. The lowest BCUT2D eigenvalue weighted by molar-refractivity contribution is 0.669. The van der Waals surface area contributed by atoms with Gasteiger partial charge in [0.25, 0.3) is 0 Å². The normalized spacial score (nSPS) is 10.6. The lowest BCUT2D eigenvalue weighted by atomic mass is 10.2. The fraction of sp³-hybridized carbons (Fsp3) is 0.667. The van der Waals surface area contributed by atoms with E-state index in [9.17, 15) is 0 Å². The van der Waals surface area contributed by atoms with Crippen molar-refractivity contribution in [3.8, 4) is 0 Å². The molecule has 0 amide bonds. The highest BCUT2D eigenvalue weighted by Gasteiger charge is 2.12.